The lowest BCUT2D eigenvalue weighted by Crippen LogP contribution is -2.56. The highest BCUT2D eigenvalue weighted by atomic mass is 32.2. The minimum Gasteiger partial charge on any atom is -0.382 e. The van der Waals surface area contributed by atoms with E-state index in [4.69, 9.17) is 16.5 Å². The number of rotatable bonds is 5. The molecule has 10 nitrogen and oxygen atoms in total. The van der Waals surface area contributed by atoms with Crippen LogP contribution >= 0.6 is 0 Å². The number of halogens is 1. The quantitative estimate of drug-likeness (QED) is 0.370. The summed E-state index contributed by atoms with van der Waals surface area (Å²) in [6.45, 7) is 2.02. The molecule has 2 bridgehead atoms. The number of pyridine rings is 1. The Kier molecular flexibility index (Phi) is 6.06. The van der Waals surface area contributed by atoms with Crippen LogP contribution in [0.5, 0.6) is 0 Å². The van der Waals surface area contributed by atoms with Crippen molar-refractivity contribution in [2.75, 3.05) is 12.0 Å². The number of hydrogen-bond acceptors (Lipinski definition) is 7. The molecule has 2 fully saturated rings. The zero-order chi connectivity index (χ0) is 28.4. The summed E-state index contributed by atoms with van der Waals surface area (Å²) in [6, 6.07) is 9.38. The maximum absolute atomic E-state index is 14.3. The van der Waals surface area contributed by atoms with Gasteiger partial charge in [0.1, 0.15) is 16.5 Å². The highest BCUT2D eigenvalue weighted by molar-refractivity contribution is 7.91. The van der Waals surface area contributed by atoms with Crippen LogP contribution in [-0.2, 0) is 9.84 Å². The first-order chi connectivity index (χ1) is 19.0. The van der Waals surface area contributed by atoms with E-state index in [1.165, 1.54) is 10.6 Å². The predicted molar refractivity (Wildman–Crippen MR) is 149 cm³/mol. The summed E-state index contributed by atoms with van der Waals surface area (Å²) in [6.07, 6.45) is 7.68. The van der Waals surface area contributed by atoms with E-state index in [9.17, 15) is 17.6 Å². The van der Waals surface area contributed by atoms with Crippen molar-refractivity contribution in [1.29, 1.82) is 0 Å². The topological polar surface area (TPSA) is 150 Å². The van der Waals surface area contributed by atoms with Gasteiger partial charge in [-0.25, -0.2) is 22.6 Å². The maximum Gasteiger partial charge on any atom is 0.315 e. The van der Waals surface area contributed by atoms with E-state index in [0.29, 0.717) is 53.0 Å². The molecule has 2 amide bonds. The number of aromatic nitrogens is 4. The lowest BCUT2D eigenvalue weighted by atomic mass is 9.78. The van der Waals surface area contributed by atoms with Crippen molar-refractivity contribution in [3.05, 3.63) is 60.3 Å². The molecular formula is C28H30FN7O3S. The Labute approximate surface area is 231 Å². The lowest BCUT2D eigenvalue weighted by Gasteiger charge is -2.46. The number of urea groups is 1. The van der Waals surface area contributed by atoms with Gasteiger partial charge >= 0.3 is 6.03 Å². The standard InChI is InChI=1S/C28H30FN7O3S/c1-3-28-11-10-18(35(28)27(31)37)12-17(13-28)23-24(40(2,38)39)25(30)36-26(34-23)20(15-33-36)16-8-9-22(32-14-16)19-6-4-5-7-21(19)29/h4-9,14-15,17-18H,3,10-13,30H2,1-2H3,(H2,31,37)/t17-,18-,28?/m0/s1. The summed E-state index contributed by atoms with van der Waals surface area (Å²) in [7, 11) is -3.77. The number of nitrogens with two attached hydrogens (primary N) is 2. The van der Waals surface area contributed by atoms with E-state index in [0.717, 1.165) is 19.1 Å². The Morgan fingerprint density at radius 2 is 1.95 bits per heavy atom. The maximum atomic E-state index is 14.3. The third-order valence-corrected chi connectivity index (χ3v) is 9.70. The second kappa shape index (κ2) is 9.26. The normalized spacial score (nSPS) is 22.6. The highest BCUT2D eigenvalue weighted by Gasteiger charge is 2.53. The van der Waals surface area contributed by atoms with Crippen molar-refractivity contribution < 1.29 is 17.6 Å². The van der Waals surface area contributed by atoms with Gasteiger partial charge in [-0.15, -0.1) is 0 Å². The van der Waals surface area contributed by atoms with Crippen molar-refractivity contribution in [3.63, 3.8) is 0 Å². The molecule has 2 aliphatic rings. The van der Waals surface area contributed by atoms with Gasteiger partial charge < -0.3 is 16.4 Å². The minimum absolute atomic E-state index is 0.0140. The molecule has 0 saturated carbocycles. The van der Waals surface area contributed by atoms with Gasteiger partial charge in [-0.3, -0.25) is 4.98 Å². The van der Waals surface area contributed by atoms with Gasteiger partial charge in [-0.2, -0.15) is 9.61 Å². The molecule has 3 aromatic heterocycles. The van der Waals surface area contributed by atoms with Gasteiger partial charge in [0.05, 0.1) is 17.6 Å². The Morgan fingerprint density at radius 1 is 1.18 bits per heavy atom. The van der Waals surface area contributed by atoms with Crippen LogP contribution < -0.4 is 11.5 Å². The molecule has 4 N–H and O–H groups in total. The van der Waals surface area contributed by atoms with Crippen molar-refractivity contribution in [2.24, 2.45) is 5.73 Å². The largest absolute Gasteiger partial charge is 0.382 e. The minimum atomic E-state index is -3.77. The number of carbonyl (C=O) groups excluding carboxylic acids is 1. The van der Waals surface area contributed by atoms with Crippen LogP contribution in [0.4, 0.5) is 15.0 Å². The molecule has 1 aromatic carbocycles. The molecule has 12 heteroatoms. The average Bonchev–Trinajstić information content (AvgIpc) is 3.45. The van der Waals surface area contributed by atoms with Gasteiger partial charge in [0.25, 0.3) is 0 Å². The third kappa shape index (κ3) is 4.00. The zero-order valence-electron chi connectivity index (χ0n) is 22.2. The van der Waals surface area contributed by atoms with Crippen LogP contribution in [0, 0.1) is 5.82 Å². The molecule has 2 saturated heterocycles. The molecule has 6 rings (SSSR count). The first-order valence-electron chi connectivity index (χ1n) is 13.2. The number of piperidine rings is 1. The molecule has 2 aliphatic heterocycles. The van der Waals surface area contributed by atoms with Gasteiger partial charge in [0, 0.05) is 46.6 Å². The Morgan fingerprint density at radius 3 is 2.60 bits per heavy atom. The summed E-state index contributed by atoms with van der Waals surface area (Å²) >= 11 is 0. The van der Waals surface area contributed by atoms with Gasteiger partial charge in [-0.1, -0.05) is 25.1 Å². The van der Waals surface area contributed by atoms with E-state index in [1.807, 2.05) is 6.92 Å². The molecule has 0 radical (unpaired) electrons. The molecule has 0 spiro atoms. The van der Waals surface area contributed by atoms with E-state index in [2.05, 4.69) is 10.1 Å². The fourth-order valence-electron chi connectivity index (χ4n) is 6.74. The fourth-order valence-corrected chi connectivity index (χ4v) is 7.80. The molecule has 40 heavy (non-hydrogen) atoms. The molecule has 208 valence electrons. The lowest BCUT2D eigenvalue weighted by molar-refractivity contribution is 0.0738. The molecule has 1 unspecified atom stereocenters. The first kappa shape index (κ1) is 26.2. The summed E-state index contributed by atoms with van der Waals surface area (Å²) in [5, 5.41) is 4.36. The number of anilines is 1. The van der Waals surface area contributed by atoms with Crippen molar-refractivity contribution in [3.8, 4) is 22.4 Å². The van der Waals surface area contributed by atoms with Crippen molar-refractivity contribution in [1.82, 2.24) is 24.5 Å². The van der Waals surface area contributed by atoms with Crippen LogP contribution in [0.2, 0.25) is 0 Å². The summed E-state index contributed by atoms with van der Waals surface area (Å²) in [5.41, 5.74) is 14.7. The number of carbonyl (C=O) groups is 1. The summed E-state index contributed by atoms with van der Waals surface area (Å²) in [5.74, 6) is -0.628. The molecular weight excluding hydrogens is 533 g/mol. The average molecular weight is 564 g/mol. The SMILES string of the molecule is CCC12CC[C@@H](C[C@H](c3nc4c(-c5ccc(-c6ccccc6F)nc5)cnn4c(N)c3S(C)(=O)=O)C1)N2C(N)=O. The number of primary amides is 1. The second-order valence-corrected chi connectivity index (χ2v) is 12.8. The van der Waals surface area contributed by atoms with Gasteiger partial charge in [-0.05, 0) is 50.3 Å². The Bertz CT molecular complexity index is 1760. The van der Waals surface area contributed by atoms with Gasteiger partial charge in [0.2, 0.25) is 0 Å². The van der Waals surface area contributed by atoms with Gasteiger partial charge in [0.15, 0.2) is 15.5 Å². The molecule has 0 aliphatic carbocycles. The Balaban J connectivity index is 1.47. The van der Waals surface area contributed by atoms with Crippen molar-refractivity contribution >= 4 is 27.3 Å². The number of amides is 2. The third-order valence-electron chi connectivity index (χ3n) is 8.54. The van der Waals surface area contributed by atoms with E-state index in [-0.39, 0.29) is 28.5 Å². The predicted octanol–water partition coefficient (Wildman–Crippen LogP) is 4.15. The van der Waals surface area contributed by atoms with E-state index in [1.54, 1.807) is 47.6 Å². The van der Waals surface area contributed by atoms with Crippen LogP contribution in [0.1, 0.15) is 50.6 Å². The number of nitrogen functional groups attached to an aromatic ring is 1. The number of fused-ring (bicyclic) bond motifs is 3. The number of hydrogen-bond donors (Lipinski definition) is 2. The van der Waals surface area contributed by atoms with Crippen LogP contribution in [0.15, 0.2) is 53.7 Å². The fraction of sp³-hybridized carbons (Fsp3) is 0.357. The highest BCUT2D eigenvalue weighted by Crippen LogP contribution is 2.52. The first-order valence-corrected chi connectivity index (χ1v) is 15.1. The van der Waals surface area contributed by atoms with Crippen molar-refractivity contribution in [2.45, 2.75) is 61.4 Å². The number of nitrogens with zero attached hydrogens (tertiary/aromatic N) is 5. The molecule has 5 heterocycles. The monoisotopic (exact) mass is 563 g/mol. The second-order valence-electron chi connectivity index (χ2n) is 10.8. The summed E-state index contributed by atoms with van der Waals surface area (Å²) < 4.78 is 41.7. The van der Waals surface area contributed by atoms with E-state index < -0.39 is 21.4 Å². The number of sulfone groups is 1. The number of benzene rings is 1. The molecule has 4 aromatic rings. The van der Waals surface area contributed by atoms with Crippen LogP contribution in [0.3, 0.4) is 0 Å². The van der Waals surface area contributed by atoms with E-state index >= 15 is 0 Å². The van der Waals surface area contributed by atoms with Crippen LogP contribution in [-0.4, -0.2) is 56.8 Å². The smallest absolute Gasteiger partial charge is 0.315 e. The molecule has 3 atom stereocenters. The van der Waals surface area contributed by atoms with Crippen LogP contribution in [0.25, 0.3) is 28.0 Å². The Hall–Kier alpha value is -4.06. The zero-order valence-corrected chi connectivity index (χ0v) is 23.0. The summed E-state index contributed by atoms with van der Waals surface area (Å²) in [4.78, 5) is 23.5.